The third kappa shape index (κ3) is 4.44. The molecule has 106 valence electrons. The van der Waals surface area contributed by atoms with E-state index in [0.717, 1.165) is 25.7 Å². The molecule has 0 heterocycles. The molecule has 0 spiro atoms. The summed E-state index contributed by atoms with van der Waals surface area (Å²) in [5.74, 6) is 0.984. The van der Waals surface area contributed by atoms with Crippen LogP contribution in [0.2, 0.25) is 0 Å². The topological polar surface area (TPSA) is 75.3 Å². The minimum absolute atomic E-state index is 0.115. The van der Waals surface area contributed by atoms with Gasteiger partial charge in [-0.2, -0.15) is 11.8 Å². The van der Waals surface area contributed by atoms with Crippen molar-refractivity contribution in [2.45, 2.75) is 50.7 Å². The Morgan fingerprint density at radius 3 is 2.89 bits per heavy atom. The second kappa shape index (κ2) is 6.26. The minimum atomic E-state index is -0.869. The third-order valence-electron chi connectivity index (χ3n) is 3.57. The fourth-order valence-electron chi connectivity index (χ4n) is 2.61. The first-order valence-corrected chi connectivity index (χ1v) is 7.97. The Morgan fingerprint density at radius 2 is 2.33 bits per heavy atom. The fourth-order valence-corrected chi connectivity index (χ4v) is 3.33. The lowest BCUT2D eigenvalue weighted by molar-refractivity contribution is -0.129. The van der Waals surface area contributed by atoms with Crippen LogP contribution in [0.15, 0.2) is 0 Å². The van der Waals surface area contributed by atoms with E-state index in [2.05, 4.69) is 12.2 Å². The Bertz CT molecular complexity index is 297. The molecule has 1 aliphatic rings. The van der Waals surface area contributed by atoms with Crippen molar-refractivity contribution in [1.29, 1.82) is 0 Å². The number of thioether (sulfide) groups is 1. The maximum atomic E-state index is 12.2. The van der Waals surface area contributed by atoms with Crippen LogP contribution in [0.3, 0.4) is 0 Å². The van der Waals surface area contributed by atoms with Gasteiger partial charge in [-0.3, -0.25) is 4.79 Å². The number of carbonyl (C=O) groups is 1. The SMILES string of the molecule is CSCC(C)(O)CNC(=O)C1(N)CCCC(C)C1. The van der Waals surface area contributed by atoms with Crippen LogP contribution in [-0.4, -0.2) is 40.7 Å². The van der Waals surface area contributed by atoms with Crippen LogP contribution in [-0.2, 0) is 4.79 Å². The highest BCUT2D eigenvalue weighted by Gasteiger charge is 2.38. The zero-order chi connectivity index (χ0) is 13.8. The van der Waals surface area contributed by atoms with E-state index < -0.39 is 11.1 Å². The molecule has 1 rings (SSSR count). The molecule has 4 nitrogen and oxygen atoms in total. The van der Waals surface area contributed by atoms with Gasteiger partial charge in [0, 0.05) is 12.3 Å². The van der Waals surface area contributed by atoms with E-state index in [4.69, 9.17) is 5.73 Å². The van der Waals surface area contributed by atoms with Crippen LogP contribution >= 0.6 is 11.8 Å². The minimum Gasteiger partial charge on any atom is -0.387 e. The first-order valence-electron chi connectivity index (χ1n) is 6.57. The predicted octanol–water partition coefficient (Wildman–Crippen LogP) is 1.12. The molecule has 18 heavy (non-hydrogen) atoms. The molecular formula is C13H26N2O2S. The summed E-state index contributed by atoms with van der Waals surface area (Å²) in [5.41, 5.74) is 4.59. The number of hydrogen-bond donors (Lipinski definition) is 3. The molecule has 1 amide bonds. The summed E-state index contributed by atoms with van der Waals surface area (Å²) in [6.45, 7) is 4.13. The Hall–Kier alpha value is -0.260. The summed E-state index contributed by atoms with van der Waals surface area (Å²) < 4.78 is 0. The number of nitrogens with one attached hydrogen (secondary N) is 1. The summed E-state index contributed by atoms with van der Waals surface area (Å²) in [7, 11) is 0. The van der Waals surface area contributed by atoms with Crippen molar-refractivity contribution in [2.24, 2.45) is 11.7 Å². The van der Waals surface area contributed by atoms with Gasteiger partial charge in [0.05, 0.1) is 11.1 Å². The smallest absolute Gasteiger partial charge is 0.240 e. The quantitative estimate of drug-likeness (QED) is 0.702. The highest BCUT2D eigenvalue weighted by Crippen LogP contribution is 2.30. The van der Waals surface area contributed by atoms with Crippen LogP contribution in [0.25, 0.3) is 0 Å². The molecule has 1 aliphatic carbocycles. The average Bonchev–Trinajstić information content (AvgIpc) is 2.25. The first kappa shape index (κ1) is 15.8. The summed E-state index contributed by atoms with van der Waals surface area (Å²) in [6, 6.07) is 0. The fraction of sp³-hybridized carbons (Fsp3) is 0.923. The van der Waals surface area contributed by atoms with Crippen molar-refractivity contribution in [3.05, 3.63) is 0 Å². The third-order valence-corrected chi connectivity index (χ3v) is 4.48. The second-order valence-electron chi connectivity index (χ2n) is 5.97. The van der Waals surface area contributed by atoms with E-state index in [1.165, 1.54) is 0 Å². The van der Waals surface area contributed by atoms with Crippen molar-refractivity contribution < 1.29 is 9.90 Å². The Labute approximate surface area is 114 Å². The van der Waals surface area contributed by atoms with Gasteiger partial charge >= 0.3 is 0 Å². The van der Waals surface area contributed by atoms with Gasteiger partial charge in [-0.05, 0) is 31.9 Å². The van der Waals surface area contributed by atoms with Crippen LogP contribution in [0, 0.1) is 5.92 Å². The lowest BCUT2D eigenvalue weighted by Crippen LogP contribution is -2.58. The van der Waals surface area contributed by atoms with Crippen molar-refractivity contribution in [1.82, 2.24) is 5.32 Å². The molecule has 0 radical (unpaired) electrons. The van der Waals surface area contributed by atoms with E-state index in [9.17, 15) is 9.90 Å². The highest BCUT2D eigenvalue weighted by molar-refractivity contribution is 7.98. The number of amides is 1. The van der Waals surface area contributed by atoms with Gasteiger partial charge in [0.2, 0.25) is 5.91 Å². The van der Waals surface area contributed by atoms with Gasteiger partial charge < -0.3 is 16.2 Å². The molecule has 0 saturated heterocycles. The molecule has 0 aromatic carbocycles. The number of rotatable bonds is 5. The maximum absolute atomic E-state index is 12.2. The highest BCUT2D eigenvalue weighted by atomic mass is 32.2. The van der Waals surface area contributed by atoms with E-state index in [1.54, 1.807) is 18.7 Å². The van der Waals surface area contributed by atoms with E-state index >= 15 is 0 Å². The van der Waals surface area contributed by atoms with Crippen LogP contribution in [0.1, 0.15) is 39.5 Å². The van der Waals surface area contributed by atoms with E-state index in [0.29, 0.717) is 11.7 Å². The largest absolute Gasteiger partial charge is 0.387 e. The standard InChI is InChI=1S/C13H26N2O2S/c1-10-5-4-6-13(14,7-10)11(16)15-8-12(2,17)9-18-3/h10,17H,4-9,14H2,1-3H3,(H,15,16). The maximum Gasteiger partial charge on any atom is 0.240 e. The zero-order valence-corrected chi connectivity index (χ0v) is 12.5. The van der Waals surface area contributed by atoms with Gasteiger partial charge in [0.25, 0.3) is 0 Å². The second-order valence-corrected chi connectivity index (χ2v) is 6.84. The van der Waals surface area contributed by atoms with Gasteiger partial charge in [0.1, 0.15) is 0 Å². The normalized spacial score (nSPS) is 31.7. The summed E-state index contributed by atoms with van der Waals surface area (Å²) in [4.78, 5) is 12.2. The van der Waals surface area contributed by atoms with Crippen LogP contribution < -0.4 is 11.1 Å². The lowest BCUT2D eigenvalue weighted by atomic mass is 9.76. The van der Waals surface area contributed by atoms with E-state index in [1.807, 2.05) is 6.26 Å². The Kier molecular flexibility index (Phi) is 5.49. The van der Waals surface area contributed by atoms with Gasteiger partial charge in [-0.1, -0.05) is 19.8 Å². The van der Waals surface area contributed by atoms with Gasteiger partial charge in [-0.15, -0.1) is 0 Å². The lowest BCUT2D eigenvalue weighted by Gasteiger charge is -2.36. The molecule has 5 heteroatoms. The number of aliphatic hydroxyl groups is 1. The number of hydrogen-bond acceptors (Lipinski definition) is 4. The summed E-state index contributed by atoms with van der Waals surface area (Å²) in [6.07, 6.45) is 5.57. The average molecular weight is 274 g/mol. The molecule has 0 aromatic rings. The van der Waals surface area contributed by atoms with Crippen molar-refractivity contribution in [3.63, 3.8) is 0 Å². The molecular weight excluding hydrogens is 248 g/mol. The zero-order valence-electron chi connectivity index (χ0n) is 11.7. The molecule has 1 saturated carbocycles. The molecule has 0 aromatic heterocycles. The monoisotopic (exact) mass is 274 g/mol. The van der Waals surface area contributed by atoms with Gasteiger partial charge in [-0.25, -0.2) is 0 Å². The number of carbonyl (C=O) groups excluding carboxylic acids is 1. The molecule has 1 fully saturated rings. The predicted molar refractivity (Wildman–Crippen MR) is 76.6 cm³/mol. The van der Waals surface area contributed by atoms with Crippen molar-refractivity contribution in [3.8, 4) is 0 Å². The molecule has 3 atom stereocenters. The number of nitrogens with two attached hydrogens (primary N) is 1. The van der Waals surface area contributed by atoms with Gasteiger partial charge in [0.15, 0.2) is 0 Å². The molecule has 0 aliphatic heterocycles. The summed E-state index contributed by atoms with van der Waals surface area (Å²) >= 11 is 1.56. The Morgan fingerprint density at radius 1 is 1.67 bits per heavy atom. The molecule has 3 unspecified atom stereocenters. The van der Waals surface area contributed by atoms with E-state index in [-0.39, 0.29) is 12.5 Å². The molecule has 0 bridgehead atoms. The Balaban J connectivity index is 2.49. The summed E-state index contributed by atoms with van der Waals surface area (Å²) in [5, 5.41) is 12.8. The van der Waals surface area contributed by atoms with Crippen LogP contribution in [0.4, 0.5) is 0 Å². The first-order chi connectivity index (χ1) is 8.29. The molecule has 4 N–H and O–H groups in total. The van der Waals surface area contributed by atoms with Crippen LogP contribution in [0.5, 0.6) is 0 Å². The van der Waals surface area contributed by atoms with Crippen molar-refractivity contribution >= 4 is 17.7 Å². The van der Waals surface area contributed by atoms with Crippen molar-refractivity contribution in [2.75, 3.05) is 18.6 Å².